The summed E-state index contributed by atoms with van der Waals surface area (Å²) in [6, 6.07) is 13.8. The van der Waals surface area contributed by atoms with Crippen molar-refractivity contribution >= 4 is 5.91 Å². The number of furan rings is 1. The number of hydrogen-bond donors (Lipinski definition) is 0. The van der Waals surface area contributed by atoms with Crippen LogP contribution in [0.25, 0.3) is 0 Å². The molecule has 1 saturated heterocycles. The van der Waals surface area contributed by atoms with E-state index >= 15 is 0 Å². The summed E-state index contributed by atoms with van der Waals surface area (Å²) in [5, 5.41) is 14.2. The van der Waals surface area contributed by atoms with Crippen LogP contribution in [0.2, 0.25) is 0 Å². The number of carbonyl (C=O) groups excluding carboxylic acids is 1. The average molecular weight is 425 g/mol. The predicted molar refractivity (Wildman–Crippen MR) is 119 cm³/mol. The number of quaternary nitrogens is 1. The molecule has 0 N–H and O–H groups in total. The Bertz CT molecular complexity index is 835. The van der Waals surface area contributed by atoms with Crippen molar-refractivity contribution in [3.05, 3.63) is 60.1 Å². The Morgan fingerprint density at radius 1 is 1.06 bits per heavy atom. The van der Waals surface area contributed by atoms with E-state index in [4.69, 9.17) is 4.42 Å². The van der Waals surface area contributed by atoms with Crippen molar-refractivity contribution in [3.8, 4) is 0 Å². The number of carbonyl (C=O) groups is 1. The molecule has 2 aliphatic rings. The van der Waals surface area contributed by atoms with E-state index in [1.54, 1.807) is 6.26 Å². The summed E-state index contributed by atoms with van der Waals surface area (Å²) < 4.78 is 6.40. The summed E-state index contributed by atoms with van der Waals surface area (Å²) in [4.78, 5) is 15.5. The van der Waals surface area contributed by atoms with Gasteiger partial charge in [-0.25, -0.2) is 0 Å². The van der Waals surface area contributed by atoms with Crippen LogP contribution in [0.15, 0.2) is 53.1 Å². The van der Waals surface area contributed by atoms with Gasteiger partial charge in [-0.2, -0.15) is 0 Å². The highest BCUT2D eigenvalue weighted by molar-refractivity contribution is 5.86. The predicted octanol–water partition coefficient (Wildman–Crippen LogP) is 3.34. The van der Waals surface area contributed by atoms with Gasteiger partial charge in [-0.05, 0) is 29.2 Å². The van der Waals surface area contributed by atoms with Gasteiger partial charge < -0.3 is 18.9 Å². The number of piperidine rings is 1. The molecular weight excluding hydrogens is 388 g/mol. The van der Waals surface area contributed by atoms with Gasteiger partial charge in [-0.1, -0.05) is 56.0 Å². The minimum absolute atomic E-state index is 0.0966. The molecule has 31 heavy (non-hydrogen) atoms. The highest BCUT2D eigenvalue weighted by Crippen LogP contribution is 2.40. The van der Waals surface area contributed by atoms with Crippen molar-refractivity contribution in [1.29, 1.82) is 0 Å². The van der Waals surface area contributed by atoms with Crippen LogP contribution in [0.3, 0.4) is 0 Å². The molecule has 1 aliphatic carbocycles. The second-order valence-electron chi connectivity index (χ2n) is 9.94. The van der Waals surface area contributed by atoms with Crippen molar-refractivity contribution in [3.63, 3.8) is 0 Å². The van der Waals surface area contributed by atoms with Crippen molar-refractivity contribution < 1.29 is 18.8 Å². The molecule has 0 spiro atoms. The van der Waals surface area contributed by atoms with Gasteiger partial charge in [0.25, 0.3) is 0 Å². The molecule has 1 atom stereocenters. The van der Waals surface area contributed by atoms with Crippen LogP contribution in [-0.2, 0) is 16.8 Å². The van der Waals surface area contributed by atoms with Gasteiger partial charge in [0.2, 0.25) is 5.91 Å². The van der Waals surface area contributed by atoms with Crippen LogP contribution >= 0.6 is 0 Å². The second kappa shape index (κ2) is 9.17. The molecule has 4 rings (SSSR count). The molecule has 1 aliphatic heterocycles. The standard InChI is InChI=1S/C26H36N2O3/c1-28(2,19-16-24-13-8-20-31-24)23-14-17-27(18-15-23)25(29)26(30,22-11-6-7-12-22)21-9-4-3-5-10-21/h3-5,8-10,13,20,22-23H,6-7,11-12,14-19H2,1-2H3. The van der Waals surface area contributed by atoms with Crippen LogP contribution in [0.5, 0.6) is 0 Å². The number of hydrogen-bond acceptors (Lipinski definition) is 3. The Labute approximate surface area is 186 Å². The molecule has 1 aromatic carbocycles. The van der Waals surface area contributed by atoms with Crippen molar-refractivity contribution in [2.24, 2.45) is 5.92 Å². The quantitative estimate of drug-likeness (QED) is 0.641. The first-order valence-corrected chi connectivity index (χ1v) is 11.8. The Morgan fingerprint density at radius 3 is 2.35 bits per heavy atom. The molecule has 5 heteroatoms. The van der Waals surface area contributed by atoms with Crippen LogP contribution in [0.1, 0.15) is 49.8 Å². The van der Waals surface area contributed by atoms with Gasteiger partial charge in [-0.3, -0.25) is 4.79 Å². The van der Waals surface area contributed by atoms with Crippen LogP contribution in [0, 0.1) is 5.92 Å². The third kappa shape index (κ3) is 4.58. The summed E-state index contributed by atoms with van der Waals surface area (Å²) in [6.07, 6.45) is 8.34. The minimum Gasteiger partial charge on any atom is -0.839 e. The smallest absolute Gasteiger partial charge is 0.216 e. The lowest BCUT2D eigenvalue weighted by atomic mass is 9.78. The fourth-order valence-corrected chi connectivity index (χ4v) is 5.59. The molecule has 168 valence electrons. The van der Waals surface area contributed by atoms with E-state index in [0.29, 0.717) is 24.7 Å². The monoisotopic (exact) mass is 424 g/mol. The van der Waals surface area contributed by atoms with Crippen molar-refractivity contribution in [2.75, 3.05) is 33.7 Å². The summed E-state index contributed by atoms with van der Waals surface area (Å²) in [6.45, 7) is 2.36. The summed E-state index contributed by atoms with van der Waals surface area (Å²) in [5.41, 5.74) is -1.00. The average Bonchev–Trinajstić information content (AvgIpc) is 3.52. The van der Waals surface area contributed by atoms with E-state index < -0.39 is 5.60 Å². The normalized spacial score (nSPS) is 20.7. The molecule has 1 aromatic heterocycles. The summed E-state index contributed by atoms with van der Waals surface area (Å²) in [5.74, 6) is 0.722. The molecule has 2 heterocycles. The first-order valence-electron chi connectivity index (χ1n) is 11.8. The van der Waals surface area contributed by atoms with E-state index in [9.17, 15) is 9.90 Å². The zero-order chi connectivity index (χ0) is 21.9. The van der Waals surface area contributed by atoms with E-state index in [-0.39, 0.29) is 11.8 Å². The number of amides is 1. The molecule has 1 saturated carbocycles. The third-order valence-corrected chi connectivity index (χ3v) is 7.71. The number of benzene rings is 1. The van der Waals surface area contributed by atoms with Crippen LogP contribution in [0.4, 0.5) is 0 Å². The van der Waals surface area contributed by atoms with Crippen LogP contribution in [-0.4, -0.2) is 55.1 Å². The lowest BCUT2D eigenvalue weighted by molar-refractivity contribution is -0.916. The zero-order valence-electron chi connectivity index (χ0n) is 19.0. The molecule has 1 amide bonds. The molecule has 0 bridgehead atoms. The van der Waals surface area contributed by atoms with E-state index in [1.807, 2.05) is 47.4 Å². The van der Waals surface area contributed by atoms with E-state index in [0.717, 1.165) is 61.7 Å². The summed E-state index contributed by atoms with van der Waals surface area (Å²) >= 11 is 0. The SMILES string of the molecule is C[N+](C)(CCc1ccco1)C1CCN(C(=O)C([O-])(c2ccccc2)C2CCCC2)CC1. The summed E-state index contributed by atoms with van der Waals surface area (Å²) in [7, 11) is 4.54. The second-order valence-corrected chi connectivity index (χ2v) is 9.94. The van der Waals surface area contributed by atoms with E-state index in [1.165, 1.54) is 0 Å². The third-order valence-electron chi connectivity index (χ3n) is 7.71. The zero-order valence-corrected chi connectivity index (χ0v) is 19.0. The fourth-order valence-electron chi connectivity index (χ4n) is 5.59. The molecule has 1 unspecified atom stereocenters. The lowest BCUT2D eigenvalue weighted by Crippen LogP contribution is -2.62. The van der Waals surface area contributed by atoms with Crippen molar-refractivity contribution in [2.45, 2.75) is 56.6 Å². The fraction of sp³-hybridized carbons (Fsp3) is 0.577. The largest absolute Gasteiger partial charge is 0.839 e. The first kappa shape index (κ1) is 22.1. The number of likely N-dealkylation sites (N-methyl/N-ethyl adjacent to an activating group) is 1. The molecule has 2 fully saturated rings. The number of likely N-dealkylation sites (tertiary alicyclic amines) is 1. The maximum atomic E-state index is 14.2. The molecule has 0 radical (unpaired) electrons. The Morgan fingerprint density at radius 2 is 1.74 bits per heavy atom. The van der Waals surface area contributed by atoms with Gasteiger partial charge >= 0.3 is 0 Å². The molecule has 2 aromatic rings. The topological polar surface area (TPSA) is 56.5 Å². The van der Waals surface area contributed by atoms with Gasteiger partial charge in [0.15, 0.2) is 0 Å². The highest BCUT2D eigenvalue weighted by Gasteiger charge is 2.42. The first-order chi connectivity index (χ1) is 14.9. The van der Waals surface area contributed by atoms with Gasteiger partial charge in [-0.15, -0.1) is 0 Å². The molecule has 5 nitrogen and oxygen atoms in total. The van der Waals surface area contributed by atoms with Gasteiger partial charge in [0.1, 0.15) is 5.76 Å². The van der Waals surface area contributed by atoms with Crippen molar-refractivity contribution in [1.82, 2.24) is 4.90 Å². The highest BCUT2D eigenvalue weighted by atomic mass is 16.3. The van der Waals surface area contributed by atoms with Gasteiger partial charge in [0, 0.05) is 25.9 Å². The molecular formula is C26H36N2O3. The lowest BCUT2D eigenvalue weighted by Gasteiger charge is -2.50. The Hall–Kier alpha value is -2.11. The van der Waals surface area contributed by atoms with Crippen LogP contribution < -0.4 is 5.11 Å². The minimum atomic E-state index is -1.64. The number of rotatable bonds is 7. The Balaban J connectivity index is 1.42. The van der Waals surface area contributed by atoms with E-state index in [2.05, 4.69) is 14.1 Å². The van der Waals surface area contributed by atoms with Gasteiger partial charge in [0.05, 0.1) is 39.4 Å². The maximum Gasteiger partial charge on any atom is 0.216 e. The maximum absolute atomic E-state index is 14.2. The Kier molecular flexibility index (Phi) is 6.54. The number of nitrogens with zero attached hydrogens (tertiary/aromatic N) is 2.